The number of hydrogen-bond donors (Lipinski definition) is 0. The van der Waals surface area contributed by atoms with Crippen molar-refractivity contribution in [3.05, 3.63) is 17.6 Å². The first-order valence-corrected chi connectivity index (χ1v) is 8.74. The van der Waals surface area contributed by atoms with Gasteiger partial charge in [0.1, 0.15) is 0 Å². The maximum Gasteiger partial charge on any atom is 0.221 e. The second-order valence-electron chi connectivity index (χ2n) is 7.53. The molecule has 1 fully saturated rings. The van der Waals surface area contributed by atoms with Crippen LogP contribution in [-0.2, 0) is 18.5 Å². The van der Waals surface area contributed by atoms with E-state index < -0.39 is 0 Å². The highest BCUT2D eigenvalue weighted by Crippen LogP contribution is 2.32. The number of rotatable bonds is 4. The summed E-state index contributed by atoms with van der Waals surface area (Å²) in [5.74, 6) is 2.64. The third-order valence-corrected chi connectivity index (χ3v) is 4.73. The largest absolute Gasteiger partial charge is 0.425 e. The molecule has 2 aromatic rings. The van der Waals surface area contributed by atoms with Crippen LogP contribution in [0.15, 0.2) is 4.42 Å². The Bertz CT molecular complexity index is 672. The summed E-state index contributed by atoms with van der Waals surface area (Å²) in [7, 11) is 0. The highest BCUT2D eigenvalue weighted by atomic mass is 16.4. The molecule has 0 amide bonds. The van der Waals surface area contributed by atoms with E-state index in [2.05, 4.69) is 58.3 Å². The van der Waals surface area contributed by atoms with Crippen LogP contribution in [0.4, 0.5) is 0 Å². The van der Waals surface area contributed by atoms with Gasteiger partial charge in [-0.3, -0.25) is 4.90 Å². The van der Waals surface area contributed by atoms with Gasteiger partial charge in [0.2, 0.25) is 11.8 Å². The summed E-state index contributed by atoms with van der Waals surface area (Å²) in [6.45, 7) is 12.4. The molecule has 2 aromatic heterocycles. The van der Waals surface area contributed by atoms with Gasteiger partial charge in [-0.2, -0.15) is 0 Å². The van der Waals surface area contributed by atoms with Crippen molar-refractivity contribution in [2.24, 2.45) is 0 Å². The Hall–Kier alpha value is -1.83. The molecule has 0 aliphatic carbocycles. The number of likely N-dealkylation sites (tertiary alicyclic amines) is 1. The minimum absolute atomic E-state index is 0.125. The molecule has 3 heterocycles. The zero-order chi connectivity index (χ0) is 17.3. The summed E-state index contributed by atoms with van der Waals surface area (Å²) in [6, 6.07) is 0.314. The van der Waals surface area contributed by atoms with Crippen molar-refractivity contribution in [2.45, 2.75) is 77.9 Å². The lowest BCUT2D eigenvalue weighted by Crippen LogP contribution is -2.43. The quantitative estimate of drug-likeness (QED) is 0.847. The van der Waals surface area contributed by atoms with Crippen LogP contribution in [0.1, 0.15) is 71.0 Å². The van der Waals surface area contributed by atoms with E-state index in [9.17, 15) is 0 Å². The first kappa shape index (κ1) is 17.0. The topological polar surface area (TPSA) is 85.8 Å². The van der Waals surface area contributed by atoms with Crippen molar-refractivity contribution < 1.29 is 4.42 Å². The number of piperidine rings is 1. The van der Waals surface area contributed by atoms with Crippen LogP contribution in [0, 0.1) is 0 Å². The number of hydrogen-bond acceptors (Lipinski definition) is 7. The van der Waals surface area contributed by atoms with Gasteiger partial charge in [0.25, 0.3) is 0 Å². The maximum atomic E-state index is 5.81. The van der Waals surface area contributed by atoms with Gasteiger partial charge in [-0.1, -0.05) is 6.92 Å². The fourth-order valence-electron chi connectivity index (χ4n) is 3.33. The summed E-state index contributed by atoms with van der Waals surface area (Å²) < 4.78 is 7.72. The molecule has 8 nitrogen and oxygen atoms in total. The molecule has 0 N–H and O–H groups in total. The molecule has 1 aliphatic rings. The number of nitrogens with zero attached hydrogens (tertiary/aromatic N) is 7. The van der Waals surface area contributed by atoms with Gasteiger partial charge in [-0.15, -0.1) is 15.3 Å². The van der Waals surface area contributed by atoms with Crippen molar-refractivity contribution in [2.75, 3.05) is 6.54 Å². The summed E-state index contributed by atoms with van der Waals surface area (Å²) in [5.41, 5.74) is -0.125. The Morgan fingerprint density at radius 2 is 2.00 bits per heavy atom. The van der Waals surface area contributed by atoms with Gasteiger partial charge in [0.05, 0.1) is 18.0 Å². The van der Waals surface area contributed by atoms with Gasteiger partial charge in [0.15, 0.2) is 5.82 Å². The molecule has 0 radical (unpaired) electrons. The van der Waals surface area contributed by atoms with Crippen molar-refractivity contribution in [3.8, 4) is 0 Å². The van der Waals surface area contributed by atoms with Crippen molar-refractivity contribution in [3.63, 3.8) is 0 Å². The van der Waals surface area contributed by atoms with E-state index in [1.54, 1.807) is 0 Å². The number of tetrazole rings is 1. The normalized spacial score (nSPS) is 22.9. The van der Waals surface area contributed by atoms with E-state index in [-0.39, 0.29) is 11.5 Å². The SMILES string of the molecule is CCc1nnc([C@H]2CCCN(Cc3nnnn3C(C)(C)C)[C@H]2C)o1. The first-order valence-electron chi connectivity index (χ1n) is 8.74. The standard InChI is InChI=1S/C16H27N7O/c1-6-14-18-19-15(24-14)12-8-7-9-22(11(12)2)10-13-17-20-21-23(13)16(3,4)5/h11-12H,6-10H2,1-5H3/t11-,12-/m0/s1. The summed E-state index contributed by atoms with van der Waals surface area (Å²) in [6.07, 6.45) is 2.96. The highest BCUT2D eigenvalue weighted by Gasteiger charge is 2.34. The molecular weight excluding hydrogens is 306 g/mol. The number of aryl methyl sites for hydroxylation is 1. The van der Waals surface area contributed by atoms with Gasteiger partial charge < -0.3 is 4.42 Å². The average Bonchev–Trinajstić information content (AvgIpc) is 3.17. The highest BCUT2D eigenvalue weighted by molar-refractivity contribution is 5.01. The Balaban J connectivity index is 1.76. The fourth-order valence-corrected chi connectivity index (χ4v) is 3.33. The average molecular weight is 333 g/mol. The molecule has 0 saturated carbocycles. The Morgan fingerprint density at radius 1 is 1.21 bits per heavy atom. The van der Waals surface area contributed by atoms with Gasteiger partial charge >= 0.3 is 0 Å². The lowest BCUT2D eigenvalue weighted by molar-refractivity contribution is 0.111. The molecule has 24 heavy (non-hydrogen) atoms. The van der Waals surface area contributed by atoms with Crippen LogP contribution in [-0.4, -0.2) is 47.9 Å². The number of aromatic nitrogens is 6. The van der Waals surface area contributed by atoms with Crippen LogP contribution in [0.25, 0.3) is 0 Å². The molecule has 0 aromatic carbocycles. The zero-order valence-electron chi connectivity index (χ0n) is 15.2. The van der Waals surface area contributed by atoms with E-state index in [1.165, 1.54) is 0 Å². The van der Waals surface area contributed by atoms with Crippen LogP contribution < -0.4 is 0 Å². The zero-order valence-corrected chi connectivity index (χ0v) is 15.2. The minimum atomic E-state index is -0.125. The van der Waals surface area contributed by atoms with Crippen LogP contribution >= 0.6 is 0 Å². The van der Waals surface area contributed by atoms with Crippen molar-refractivity contribution >= 4 is 0 Å². The van der Waals surface area contributed by atoms with Gasteiger partial charge in [-0.25, -0.2) is 4.68 Å². The third-order valence-electron chi connectivity index (χ3n) is 4.73. The summed E-state index contributed by atoms with van der Waals surface area (Å²) in [5, 5.41) is 20.6. The molecule has 132 valence electrons. The van der Waals surface area contributed by atoms with E-state index in [1.807, 2.05) is 11.6 Å². The Labute approximate surface area is 142 Å². The van der Waals surface area contributed by atoms with E-state index in [0.717, 1.165) is 44.1 Å². The van der Waals surface area contributed by atoms with Crippen LogP contribution in [0.5, 0.6) is 0 Å². The van der Waals surface area contributed by atoms with Crippen LogP contribution in [0.2, 0.25) is 0 Å². The molecule has 8 heteroatoms. The second-order valence-corrected chi connectivity index (χ2v) is 7.53. The molecule has 1 saturated heterocycles. The molecular formula is C16H27N7O. The maximum absolute atomic E-state index is 5.81. The lowest BCUT2D eigenvalue weighted by Gasteiger charge is -2.37. The van der Waals surface area contributed by atoms with Crippen LogP contribution in [0.3, 0.4) is 0 Å². The lowest BCUT2D eigenvalue weighted by atomic mass is 9.90. The monoisotopic (exact) mass is 333 g/mol. The molecule has 0 spiro atoms. The van der Waals surface area contributed by atoms with Gasteiger partial charge in [0, 0.05) is 12.5 Å². The van der Waals surface area contributed by atoms with E-state index >= 15 is 0 Å². The summed E-state index contributed by atoms with van der Waals surface area (Å²) >= 11 is 0. The molecule has 3 rings (SSSR count). The first-order chi connectivity index (χ1) is 11.4. The molecule has 0 bridgehead atoms. The van der Waals surface area contributed by atoms with E-state index in [4.69, 9.17) is 4.42 Å². The minimum Gasteiger partial charge on any atom is -0.425 e. The predicted molar refractivity (Wildman–Crippen MR) is 88.3 cm³/mol. The molecule has 2 atom stereocenters. The summed E-state index contributed by atoms with van der Waals surface area (Å²) in [4.78, 5) is 2.41. The predicted octanol–water partition coefficient (Wildman–Crippen LogP) is 2.14. The molecule has 1 aliphatic heterocycles. The molecule has 0 unspecified atom stereocenters. The Kier molecular flexibility index (Phi) is 4.67. The smallest absolute Gasteiger partial charge is 0.221 e. The van der Waals surface area contributed by atoms with E-state index in [0.29, 0.717) is 11.9 Å². The third kappa shape index (κ3) is 3.33. The second kappa shape index (κ2) is 6.58. The van der Waals surface area contributed by atoms with Crippen molar-refractivity contribution in [1.82, 2.24) is 35.3 Å². The van der Waals surface area contributed by atoms with Gasteiger partial charge in [-0.05, 0) is 57.5 Å². The van der Waals surface area contributed by atoms with Crippen molar-refractivity contribution in [1.29, 1.82) is 0 Å². The Morgan fingerprint density at radius 3 is 2.67 bits per heavy atom. The fraction of sp³-hybridized carbons (Fsp3) is 0.812.